The van der Waals surface area contributed by atoms with Gasteiger partial charge in [-0.05, 0) is 81.3 Å². The molecule has 3 rings (SSSR count). The van der Waals surface area contributed by atoms with E-state index in [0.29, 0.717) is 0 Å². The van der Waals surface area contributed by atoms with Crippen LogP contribution in [0.1, 0.15) is 44.5 Å². The first-order valence-corrected chi connectivity index (χ1v) is 18.3. The summed E-state index contributed by atoms with van der Waals surface area (Å²) >= 11 is 0. The van der Waals surface area contributed by atoms with Gasteiger partial charge < -0.3 is 9.80 Å². The maximum absolute atomic E-state index is 4.16. The SMILES string of the molecule is CCN=C\C=C/C=C/C=C/c1ccc(N(CC)CCSSCCN(CC)c2ccc(/C=C/c3cccc[n+]3CC)cc2)cc1. The number of aromatic nitrogens is 1. The van der Waals surface area contributed by atoms with Crippen molar-refractivity contribution in [3.05, 3.63) is 120 Å². The van der Waals surface area contributed by atoms with Gasteiger partial charge in [-0.3, -0.25) is 4.99 Å². The lowest BCUT2D eigenvalue weighted by Gasteiger charge is -2.24. The molecule has 0 saturated heterocycles. The molecule has 3 aromatic rings. The second-order valence-corrected chi connectivity index (χ2v) is 12.7. The third kappa shape index (κ3) is 12.6. The van der Waals surface area contributed by atoms with Crippen molar-refractivity contribution < 1.29 is 4.57 Å². The topological polar surface area (TPSA) is 22.7 Å². The average molecular weight is 626 g/mol. The summed E-state index contributed by atoms with van der Waals surface area (Å²) in [4.78, 5) is 9.08. The summed E-state index contributed by atoms with van der Waals surface area (Å²) in [5.41, 5.74) is 6.23. The first kappa shape index (κ1) is 35.0. The third-order valence-electron chi connectivity index (χ3n) is 7.12. The van der Waals surface area contributed by atoms with Crippen LogP contribution in [0.4, 0.5) is 11.4 Å². The largest absolute Gasteiger partial charge is 0.371 e. The van der Waals surface area contributed by atoms with Crippen LogP contribution in [0.2, 0.25) is 0 Å². The van der Waals surface area contributed by atoms with Crippen LogP contribution in [-0.4, -0.2) is 50.4 Å². The lowest BCUT2D eigenvalue weighted by molar-refractivity contribution is -0.695. The highest BCUT2D eigenvalue weighted by atomic mass is 33.1. The minimum Gasteiger partial charge on any atom is -0.371 e. The van der Waals surface area contributed by atoms with Crippen molar-refractivity contribution in [2.24, 2.45) is 4.99 Å². The first-order valence-electron chi connectivity index (χ1n) is 15.8. The van der Waals surface area contributed by atoms with Crippen molar-refractivity contribution in [2.75, 3.05) is 54.0 Å². The molecule has 1 aromatic heterocycles. The molecule has 0 atom stereocenters. The molecule has 0 aliphatic carbocycles. The van der Waals surface area contributed by atoms with Gasteiger partial charge in [0.15, 0.2) is 6.20 Å². The Morgan fingerprint density at radius 1 is 0.636 bits per heavy atom. The van der Waals surface area contributed by atoms with E-state index in [1.807, 2.05) is 59.0 Å². The Kier molecular flexibility index (Phi) is 16.9. The van der Waals surface area contributed by atoms with Gasteiger partial charge >= 0.3 is 0 Å². The Hall–Kier alpha value is -3.48. The predicted octanol–water partition coefficient (Wildman–Crippen LogP) is 9.11. The van der Waals surface area contributed by atoms with Gasteiger partial charge in [-0.25, -0.2) is 0 Å². The highest BCUT2D eigenvalue weighted by molar-refractivity contribution is 8.76. The van der Waals surface area contributed by atoms with E-state index < -0.39 is 0 Å². The van der Waals surface area contributed by atoms with Gasteiger partial charge in [0.2, 0.25) is 5.69 Å². The molecule has 0 bridgehead atoms. The van der Waals surface area contributed by atoms with Crippen LogP contribution in [0, 0.1) is 0 Å². The second kappa shape index (κ2) is 21.3. The van der Waals surface area contributed by atoms with Crippen molar-refractivity contribution in [3.63, 3.8) is 0 Å². The zero-order chi connectivity index (χ0) is 31.2. The number of benzene rings is 2. The molecule has 1 heterocycles. The van der Waals surface area contributed by atoms with Gasteiger partial charge in [-0.15, -0.1) is 0 Å². The molecular formula is C38H49N4S2+. The van der Waals surface area contributed by atoms with E-state index in [9.17, 15) is 0 Å². The molecular weight excluding hydrogens is 577 g/mol. The number of aliphatic imine (C=N–C) groups is 1. The number of pyridine rings is 1. The molecule has 2 aromatic carbocycles. The Labute approximate surface area is 274 Å². The number of hydrogen-bond donors (Lipinski definition) is 0. The van der Waals surface area contributed by atoms with Gasteiger partial charge in [0, 0.05) is 80.0 Å². The highest BCUT2D eigenvalue weighted by Gasteiger charge is 2.07. The predicted molar refractivity (Wildman–Crippen MR) is 201 cm³/mol. The lowest BCUT2D eigenvalue weighted by atomic mass is 10.1. The average Bonchev–Trinajstić information content (AvgIpc) is 3.07. The van der Waals surface area contributed by atoms with Crippen LogP contribution >= 0.6 is 21.6 Å². The van der Waals surface area contributed by atoms with E-state index in [0.717, 1.165) is 50.8 Å². The van der Waals surface area contributed by atoms with E-state index in [1.165, 1.54) is 28.2 Å². The molecule has 4 nitrogen and oxygen atoms in total. The number of allylic oxidation sites excluding steroid dienone is 5. The van der Waals surface area contributed by atoms with E-state index >= 15 is 0 Å². The summed E-state index contributed by atoms with van der Waals surface area (Å²) < 4.78 is 2.25. The third-order valence-corrected chi connectivity index (χ3v) is 9.49. The van der Waals surface area contributed by atoms with Crippen molar-refractivity contribution in [1.29, 1.82) is 0 Å². The molecule has 44 heavy (non-hydrogen) atoms. The number of nitrogens with zero attached hydrogens (tertiary/aromatic N) is 4. The standard InChI is InChI=1S/C38H49N4S2/c1-5-39-28-14-11-9-10-12-16-34-18-24-37(25-19-34)41(7-3)30-32-43-44-33-31-42(8-4)38-26-21-35(22-27-38)20-23-36-17-13-15-29-40(36)6-2/h9-29H,5-8,30-33H2,1-4H3/q+1/b10-9+,14-11-,16-12+,39-28?. The molecule has 0 spiro atoms. The van der Waals surface area contributed by atoms with Crippen molar-refractivity contribution in [3.8, 4) is 0 Å². The zero-order valence-electron chi connectivity index (χ0n) is 26.9. The van der Waals surface area contributed by atoms with Crippen LogP contribution in [0.25, 0.3) is 18.2 Å². The molecule has 0 fully saturated rings. The van der Waals surface area contributed by atoms with E-state index in [1.54, 1.807) is 0 Å². The molecule has 0 unspecified atom stereocenters. The van der Waals surface area contributed by atoms with Crippen LogP contribution in [-0.2, 0) is 6.54 Å². The number of anilines is 2. The molecule has 232 valence electrons. The molecule has 0 radical (unpaired) electrons. The molecule has 0 aliphatic heterocycles. The summed E-state index contributed by atoms with van der Waals surface area (Å²) in [5, 5.41) is 0. The van der Waals surface area contributed by atoms with Crippen LogP contribution in [0.3, 0.4) is 0 Å². The fourth-order valence-corrected chi connectivity index (χ4v) is 6.61. The van der Waals surface area contributed by atoms with E-state index in [4.69, 9.17) is 0 Å². The Morgan fingerprint density at radius 3 is 1.77 bits per heavy atom. The zero-order valence-corrected chi connectivity index (χ0v) is 28.5. The summed E-state index contributed by atoms with van der Waals surface area (Å²) in [6.07, 6.45) is 20.6. The monoisotopic (exact) mass is 625 g/mol. The van der Waals surface area contributed by atoms with Gasteiger partial charge in [0.05, 0.1) is 0 Å². The lowest BCUT2D eigenvalue weighted by Crippen LogP contribution is -2.34. The number of aryl methyl sites for hydroxylation is 1. The first-order chi connectivity index (χ1) is 21.7. The van der Waals surface area contributed by atoms with Crippen LogP contribution in [0.5, 0.6) is 0 Å². The summed E-state index contributed by atoms with van der Waals surface area (Å²) in [6, 6.07) is 24.1. The Balaban J connectivity index is 1.38. The molecule has 0 N–H and O–H groups in total. The fraction of sp³-hybridized carbons (Fsp3) is 0.316. The normalized spacial score (nSPS) is 12.1. The fourth-order valence-electron chi connectivity index (χ4n) is 4.63. The molecule has 6 heteroatoms. The van der Waals surface area contributed by atoms with Crippen LogP contribution in [0.15, 0.2) is 108 Å². The second-order valence-electron chi connectivity index (χ2n) is 10.0. The molecule has 0 aliphatic rings. The Bertz CT molecular complexity index is 1360. The number of rotatable bonds is 19. The summed E-state index contributed by atoms with van der Waals surface area (Å²) in [5.74, 6) is 2.21. The minimum atomic E-state index is 0.819. The number of hydrogen-bond acceptors (Lipinski definition) is 5. The van der Waals surface area contributed by atoms with Crippen LogP contribution < -0.4 is 14.4 Å². The molecule has 0 saturated carbocycles. The maximum Gasteiger partial charge on any atom is 0.205 e. The highest BCUT2D eigenvalue weighted by Crippen LogP contribution is 2.24. The van der Waals surface area contributed by atoms with Gasteiger partial charge in [-0.1, -0.05) is 76.2 Å². The van der Waals surface area contributed by atoms with Gasteiger partial charge in [0.1, 0.15) is 6.54 Å². The van der Waals surface area contributed by atoms with Crippen molar-refractivity contribution in [1.82, 2.24) is 0 Å². The quantitative estimate of drug-likeness (QED) is 0.0436. The van der Waals surface area contributed by atoms with E-state index in [2.05, 4.69) is 137 Å². The summed E-state index contributed by atoms with van der Waals surface area (Å²) in [6.45, 7) is 14.6. The minimum absolute atomic E-state index is 0.819. The van der Waals surface area contributed by atoms with Gasteiger partial charge in [0.25, 0.3) is 0 Å². The van der Waals surface area contributed by atoms with E-state index in [-0.39, 0.29) is 0 Å². The smallest absolute Gasteiger partial charge is 0.205 e. The maximum atomic E-state index is 4.16. The van der Waals surface area contributed by atoms with Crippen molar-refractivity contribution >= 4 is 57.4 Å². The Morgan fingerprint density at radius 2 is 1.20 bits per heavy atom. The molecule has 0 amide bonds. The summed E-state index contributed by atoms with van der Waals surface area (Å²) in [7, 11) is 3.96. The van der Waals surface area contributed by atoms with Crippen molar-refractivity contribution in [2.45, 2.75) is 34.2 Å². The van der Waals surface area contributed by atoms with Gasteiger partial charge in [-0.2, -0.15) is 4.57 Å².